The lowest BCUT2D eigenvalue weighted by molar-refractivity contribution is -0.136. The molecule has 2 nitrogen and oxygen atoms in total. The summed E-state index contributed by atoms with van der Waals surface area (Å²) in [5.74, 6) is 2.61. The lowest BCUT2D eigenvalue weighted by Crippen LogP contribution is -2.22. The Balaban J connectivity index is 4.35. The molecule has 0 heterocycles. The summed E-state index contributed by atoms with van der Waals surface area (Å²) >= 11 is 0. The summed E-state index contributed by atoms with van der Waals surface area (Å²) in [5.41, 5.74) is 3.82. The minimum Gasteiger partial charge on any atom is -0.353 e. The Kier molecular flexibility index (Phi) is 8.66. The normalized spacial score (nSPS) is 13.6. The largest absolute Gasteiger partial charge is 0.353 e. The van der Waals surface area contributed by atoms with E-state index in [1.807, 2.05) is 13.8 Å². The van der Waals surface area contributed by atoms with Gasteiger partial charge in [-0.05, 0) is 26.7 Å². The number of ether oxygens (including phenoxy) is 2. The maximum absolute atomic E-state index is 5.59. The molecular weight excluding hydrogens is 200 g/mol. The first-order valence-electron chi connectivity index (χ1n) is 5.81. The second-order valence-corrected chi connectivity index (χ2v) is 3.51. The van der Waals surface area contributed by atoms with Gasteiger partial charge in [0.2, 0.25) is 0 Å². The van der Waals surface area contributed by atoms with E-state index in [0.717, 1.165) is 24.8 Å². The Morgan fingerprint density at radius 2 is 2.12 bits per heavy atom. The summed E-state index contributed by atoms with van der Waals surface area (Å²) < 4.78 is 10.9. The highest BCUT2D eigenvalue weighted by Gasteiger charge is 2.14. The maximum atomic E-state index is 5.59. The quantitative estimate of drug-likeness (QED) is 0.356. The van der Waals surface area contributed by atoms with Gasteiger partial charge in [0.25, 0.3) is 0 Å². The minimum absolute atomic E-state index is 0.295. The van der Waals surface area contributed by atoms with Gasteiger partial charge < -0.3 is 9.47 Å². The van der Waals surface area contributed by atoms with Crippen LogP contribution in [0.3, 0.4) is 0 Å². The fourth-order valence-electron chi connectivity index (χ4n) is 1.37. The molecule has 16 heavy (non-hydrogen) atoms. The maximum Gasteiger partial charge on any atom is 0.156 e. The van der Waals surface area contributed by atoms with Crippen LogP contribution in [-0.2, 0) is 9.47 Å². The van der Waals surface area contributed by atoms with Crippen molar-refractivity contribution in [3.8, 4) is 12.3 Å². The number of unbranched alkanes of at least 4 members (excludes halogenated alkanes) is 1. The van der Waals surface area contributed by atoms with E-state index in [1.54, 1.807) is 0 Å². The van der Waals surface area contributed by atoms with E-state index in [1.165, 1.54) is 0 Å². The van der Waals surface area contributed by atoms with E-state index in [4.69, 9.17) is 15.9 Å². The Hall–Kier alpha value is -1.00. The number of hydrogen-bond acceptors (Lipinski definition) is 2. The highest BCUT2D eigenvalue weighted by atomic mass is 16.7. The molecule has 2 atom stereocenters. The fourth-order valence-corrected chi connectivity index (χ4v) is 1.37. The monoisotopic (exact) mass is 222 g/mol. The van der Waals surface area contributed by atoms with Crippen molar-refractivity contribution in [2.24, 2.45) is 0 Å². The van der Waals surface area contributed by atoms with Crippen molar-refractivity contribution in [3.63, 3.8) is 0 Å². The van der Waals surface area contributed by atoms with Crippen molar-refractivity contribution in [2.75, 3.05) is 6.61 Å². The Bertz CT molecular complexity index is 269. The smallest absolute Gasteiger partial charge is 0.156 e. The standard InChI is InChI=1S/C14H22O2/c1-6-10-11-13(7-2)14(8-3)16-12(5)15-9-4/h3,12,14H,2,6,9-11H2,1,4-5H3/t12?,14-/m0/s1. The van der Waals surface area contributed by atoms with Crippen LogP contribution < -0.4 is 0 Å². The van der Waals surface area contributed by atoms with Gasteiger partial charge in [-0.25, -0.2) is 0 Å². The molecule has 0 spiro atoms. The fraction of sp³-hybridized carbons (Fsp3) is 0.643. The van der Waals surface area contributed by atoms with Gasteiger partial charge in [-0.2, -0.15) is 0 Å². The molecule has 0 radical (unpaired) electrons. The molecule has 0 aliphatic heterocycles. The lowest BCUT2D eigenvalue weighted by atomic mass is 10.0. The third kappa shape index (κ3) is 5.78. The van der Waals surface area contributed by atoms with Crippen molar-refractivity contribution in [1.82, 2.24) is 0 Å². The zero-order valence-electron chi connectivity index (χ0n) is 10.6. The van der Waals surface area contributed by atoms with E-state index in [9.17, 15) is 0 Å². The molecule has 2 heteroatoms. The van der Waals surface area contributed by atoms with Gasteiger partial charge in [0.15, 0.2) is 6.29 Å². The van der Waals surface area contributed by atoms with Crippen LogP contribution in [0.25, 0.3) is 0 Å². The van der Waals surface area contributed by atoms with Crippen molar-refractivity contribution >= 4 is 0 Å². The predicted molar refractivity (Wildman–Crippen MR) is 67.0 cm³/mol. The molecule has 0 saturated carbocycles. The van der Waals surface area contributed by atoms with Crippen molar-refractivity contribution in [1.29, 1.82) is 0 Å². The summed E-state index contributed by atoms with van der Waals surface area (Å²) in [6.07, 6.45) is 7.85. The number of rotatable bonds is 8. The lowest BCUT2D eigenvalue weighted by Gasteiger charge is -2.19. The molecule has 0 aliphatic rings. The average molecular weight is 222 g/mol. The van der Waals surface area contributed by atoms with E-state index in [-0.39, 0.29) is 12.4 Å². The van der Waals surface area contributed by atoms with Gasteiger partial charge in [0.05, 0.1) is 0 Å². The predicted octanol–water partition coefficient (Wildman–Crippen LogP) is 3.29. The first kappa shape index (κ1) is 15.0. The second kappa shape index (κ2) is 9.24. The summed E-state index contributed by atoms with van der Waals surface area (Å²) in [4.78, 5) is 0. The molecule has 90 valence electrons. The van der Waals surface area contributed by atoms with Crippen LogP contribution in [0, 0.1) is 12.3 Å². The Morgan fingerprint density at radius 1 is 1.44 bits per heavy atom. The zero-order chi connectivity index (χ0) is 12.4. The van der Waals surface area contributed by atoms with Gasteiger partial charge in [0.1, 0.15) is 6.10 Å². The van der Waals surface area contributed by atoms with E-state index < -0.39 is 0 Å². The molecule has 0 N–H and O–H groups in total. The molecule has 0 aliphatic carbocycles. The van der Waals surface area contributed by atoms with E-state index in [0.29, 0.717) is 6.61 Å². The van der Waals surface area contributed by atoms with Crippen LogP contribution in [0.1, 0.15) is 40.0 Å². The molecule has 0 fully saturated rings. The van der Waals surface area contributed by atoms with Gasteiger partial charge in [-0.15, -0.1) is 12.2 Å². The van der Waals surface area contributed by atoms with E-state index >= 15 is 0 Å². The van der Waals surface area contributed by atoms with E-state index in [2.05, 4.69) is 25.2 Å². The summed E-state index contributed by atoms with van der Waals surface area (Å²) in [5, 5.41) is 0. The molecule has 0 bridgehead atoms. The molecular formula is C14H22O2. The summed E-state index contributed by atoms with van der Waals surface area (Å²) in [6, 6.07) is 0. The van der Waals surface area contributed by atoms with Crippen LogP contribution >= 0.6 is 0 Å². The van der Waals surface area contributed by atoms with Gasteiger partial charge in [-0.3, -0.25) is 0 Å². The molecule has 0 rings (SSSR count). The van der Waals surface area contributed by atoms with Gasteiger partial charge in [-0.1, -0.05) is 25.8 Å². The van der Waals surface area contributed by atoms with Crippen molar-refractivity contribution < 1.29 is 9.47 Å². The van der Waals surface area contributed by atoms with Crippen LogP contribution in [0.15, 0.2) is 17.9 Å². The third-order valence-electron chi connectivity index (χ3n) is 2.22. The number of hydrogen-bond donors (Lipinski definition) is 0. The first-order valence-corrected chi connectivity index (χ1v) is 5.81. The molecule has 0 aromatic heterocycles. The highest BCUT2D eigenvalue weighted by Crippen LogP contribution is 2.15. The molecule has 0 saturated heterocycles. The highest BCUT2D eigenvalue weighted by molar-refractivity contribution is 5.18. The molecule has 0 aromatic rings. The molecule has 1 unspecified atom stereocenters. The van der Waals surface area contributed by atoms with Crippen LogP contribution in [0.2, 0.25) is 0 Å². The van der Waals surface area contributed by atoms with Crippen molar-refractivity contribution in [3.05, 3.63) is 17.9 Å². The van der Waals surface area contributed by atoms with Crippen LogP contribution in [0.5, 0.6) is 0 Å². The molecule has 0 aromatic carbocycles. The van der Waals surface area contributed by atoms with Crippen LogP contribution in [-0.4, -0.2) is 19.0 Å². The first-order chi connectivity index (χ1) is 7.69. The Morgan fingerprint density at radius 3 is 2.56 bits per heavy atom. The topological polar surface area (TPSA) is 18.5 Å². The van der Waals surface area contributed by atoms with Crippen molar-refractivity contribution in [2.45, 2.75) is 52.4 Å². The summed E-state index contributed by atoms with van der Waals surface area (Å²) in [6.45, 7) is 10.2. The van der Waals surface area contributed by atoms with Crippen LogP contribution in [0.4, 0.5) is 0 Å². The van der Waals surface area contributed by atoms with Gasteiger partial charge >= 0.3 is 0 Å². The second-order valence-electron chi connectivity index (χ2n) is 3.51. The SMILES string of the molecule is C#C[C@H](OC(C)OCC)C(=C=C)CCCC. The number of terminal acetylenes is 1. The van der Waals surface area contributed by atoms with Gasteiger partial charge in [0, 0.05) is 12.2 Å². The average Bonchev–Trinajstić information content (AvgIpc) is 2.28. The molecule has 0 amide bonds. The Labute approximate surface area is 99.3 Å². The minimum atomic E-state index is -0.370. The third-order valence-corrected chi connectivity index (χ3v) is 2.22. The summed E-state index contributed by atoms with van der Waals surface area (Å²) in [7, 11) is 0. The zero-order valence-corrected chi connectivity index (χ0v) is 10.6.